The Kier molecular flexibility index (Phi) is 6.27. The molecule has 1 aromatic carbocycles. The fraction of sp³-hybridized carbons (Fsp3) is 0.471. The molecule has 0 amide bonds. The molecule has 2 rings (SSSR count). The van der Waals surface area contributed by atoms with E-state index in [0.29, 0.717) is 18.1 Å². The second kappa shape index (κ2) is 8.44. The molecule has 1 aliphatic heterocycles. The zero-order chi connectivity index (χ0) is 15.8. The summed E-state index contributed by atoms with van der Waals surface area (Å²) in [5.41, 5.74) is 0.757. The molecule has 1 saturated heterocycles. The van der Waals surface area contributed by atoms with Crippen LogP contribution in [-0.2, 0) is 14.3 Å². The Hall–Kier alpha value is -2.01. The van der Waals surface area contributed by atoms with E-state index in [4.69, 9.17) is 18.9 Å². The Balaban J connectivity index is 1.91. The standard InChI is InChI=1S/C17H22O5/c1-19-14-7-8-16(20-2)13(11-14)6-9-17(18)22-12-15-5-3-4-10-21-15/h6-9,11,15H,3-5,10,12H2,1-2H3/b9-6+. The van der Waals surface area contributed by atoms with Crippen molar-refractivity contribution in [3.05, 3.63) is 29.8 Å². The molecule has 0 aromatic heterocycles. The van der Waals surface area contributed by atoms with Crippen molar-refractivity contribution in [3.8, 4) is 11.5 Å². The fourth-order valence-electron chi connectivity index (χ4n) is 2.29. The molecule has 1 aliphatic rings. The highest BCUT2D eigenvalue weighted by Crippen LogP contribution is 2.25. The van der Waals surface area contributed by atoms with Crippen molar-refractivity contribution >= 4 is 12.0 Å². The summed E-state index contributed by atoms with van der Waals surface area (Å²) in [4.78, 5) is 11.8. The maximum Gasteiger partial charge on any atom is 0.330 e. The van der Waals surface area contributed by atoms with Gasteiger partial charge in [-0.15, -0.1) is 0 Å². The molecule has 1 aromatic rings. The van der Waals surface area contributed by atoms with Crippen LogP contribution in [0.25, 0.3) is 6.08 Å². The smallest absolute Gasteiger partial charge is 0.330 e. The molecule has 0 aliphatic carbocycles. The second-order valence-corrected chi connectivity index (χ2v) is 5.06. The van der Waals surface area contributed by atoms with Gasteiger partial charge in [-0.3, -0.25) is 0 Å². The number of rotatable bonds is 6. The summed E-state index contributed by atoms with van der Waals surface area (Å²) in [6, 6.07) is 5.39. The number of methoxy groups -OCH3 is 2. The first kappa shape index (κ1) is 16.4. The van der Waals surface area contributed by atoms with E-state index >= 15 is 0 Å². The molecule has 1 atom stereocenters. The lowest BCUT2D eigenvalue weighted by atomic mass is 10.1. The van der Waals surface area contributed by atoms with Crippen molar-refractivity contribution in [2.45, 2.75) is 25.4 Å². The van der Waals surface area contributed by atoms with Gasteiger partial charge in [-0.1, -0.05) is 0 Å². The highest BCUT2D eigenvalue weighted by atomic mass is 16.6. The van der Waals surface area contributed by atoms with Crippen LogP contribution < -0.4 is 9.47 Å². The molecule has 0 radical (unpaired) electrons. The minimum atomic E-state index is -0.390. The summed E-state index contributed by atoms with van der Waals surface area (Å²) in [5, 5.41) is 0. The van der Waals surface area contributed by atoms with Crippen molar-refractivity contribution in [1.82, 2.24) is 0 Å². The number of ether oxygens (including phenoxy) is 4. The van der Waals surface area contributed by atoms with Crippen molar-refractivity contribution in [2.75, 3.05) is 27.4 Å². The maximum absolute atomic E-state index is 11.8. The van der Waals surface area contributed by atoms with Gasteiger partial charge in [-0.25, -0.2) is 4.79 Å². The molecular formula is C17H22O5. The first-order chi connectivity index (χ1) is 10.7. The largest absolute Gasteiger partial charge is 0.497 e. The van der Waals surface area contributed by atoms with Gasteiger partial charge in [0, 0.05) is 18.2 Å². The van der Waals surface area contributed by atoms with Crippen molar-refractivity contribution in [1.29, 1.82) is 0 Å². The quantitative estimate of drug-likeness (QED) is 0.597. The predicted molar refractivity (Wildman–Crippen MR) is 83.1 cm³/mol. The van der Waals surface area contributed by atoms with Crippen LogP contribution >= 0.6 is 0 Å². The summed E-state index contributed by atoms with van der Waals surface area (Å²) in [7, 11) is 3.17. The average Bonchev–Trinajstić information content (AvgIpc) is 2.58. The number of carbonyl (C=O) groups excluding carboxylic acids is 1. The summed E-state index contributed by atoms with van der Waals surface area (Å²) in [5.74, 6) is 0.976. The third kappa shape index (κ3) is 4.77. The van der Waals surface area contributed by atoms with E-state index in [1.54, 1.807) is 38.5 Å². The number of carbonyl (C=O) groups is 1. The lowest BCUT2D eigenvalue weighted by Gasteiger charge is -2.21. The Morgan fingerprint density at radius 3 is 2.86 bits per heavy atom. The van der Waals surface area contributed by atoms with Gasteiger partial charge in [0.25, 0.3) is 0 Å². The van der Waals surface area contributed by atoms with Crippen LogP contribution in [0.2, 0.25) is 0 Å². The minimum Gasteiger partial charge on any atom is -0.497 e. The topological polar surface area (TPSA) is 54.0 Å². The van der Waals surface area contributed by atoms with E-state index in [1.807, 2.05) is 0 Å². The molecule has 5 nitrogen and oxygen atoms in total. The van der Waals surface area contributed by atoms with Gasteiger partial charge < -0.3 is 18.9 Å². The number of hydrogen-bond donors (Lipinski definition) is 0. The summed E-state index contributed by atoms with van der Waals surface area (Å²) >= 11 is 0. The molecule has 0 N–H and O–H groups in total. The zero-order valence-corrected chi connectivity index (χ0v) is 13.0. The van der Waals surface area contributed by atoms with Crippen LogP contribution in [0.4, 0.5) is 0 Å². The van der Waals surface area contributed by atoms with Crippen LogP contribution in [0.3, 0.4) is 0 Å². The molecule has 1 fully saturated rings. The first-order valence-electron chi connectivity index (χ1n) is 7.41. The molecule has 120 valence electrons. The Morgan fingerprint density at radius 2 is 2.18 bits per heavy atom. The first-order valence-corrected chi connectivity index (χ1v) is 7.41. The molecule has 1 heterocycles. The number of hydrogen-bond acceptors (Lipinski definition) is 5. The highest BCUT2D eigenvalue weighted by molar-refractivity contribution is 5.87. The van der Waals surface area contributed by atoms with Crippen LogP contribution in [0.1, 0.15) is 24.8 Å². The van der Waals surface area contributed by atoms with E-state index in [1.165, 1.54) is 6.08 Å². The van der Waals surface area contributed by atoms with Gasteiger partial charge >= 0.3 is 5.97 Å². The third-order valence-corrected chi connectivity index (χ3v) is 3.52. The van der Waals surface area contributed by atoms with E-state index in [-0.39, 0.29) is 12.1 Å². The molecule has 0 saturated carbocycles. The Labute approximate surface area is 130 Å². The maximum atomic E-state index is 11.8. The molecule has 5 heteroatoms. The predicted octanol–water partition coefficient (Wildman–Crippen LogP) is 2.83. The zero-order valence-electron chi connectivity index (χ0n) is 13.0. The monoisotopic (exact) mass is 306 g/mol. The minimum absolute atomic E-state index is 0.0254. The van der Waals surface area contributed by atoms with Crippen LogP contribution in [-0.4, -0.2) is 39.5 Å². The Morgan fingerprint density at radius 1 is 1.32 bits per heavy atom. The van der Waals surface area contributed by atoms with Crippen molar-refractivity contribution in [2.24, 2.45) is 0 Å². The summed E-state index contributed by atoms with van der Waals surface area (Å²) < 4.78 is 21.1. The molecule has 22 heavy (non-hydrogen) atoms. The number of benzene rings is 1. The van der Waals surface area contributed by atoms with Crippen LogP contribution in [0.15, 0.2) is 24.3 Å². The molecular weight excluding hydrogens is 284 g/mol. The molecule has 0 bridgehead atoms. The molecule has 1 unspecified atom stereocenters. The van der Waals surface area contributed by atoms with Crippen LogP contribution in [0, 0.1) is 0 Å². The second-order valence-electron chi connectivity index (χ2n) is 5.06. The fourth-order valence-corrected chi connectivity index (χ4v) is 2.29. The molecule has 0 spiro atoms. The Bertz CT molecular complexity index is 518. The van der Waals surface area contributed by atoms with E-state index in [2.05, 4.69) is 0 Å². The van der Waals surface area contributed by atoms with Gasteiger partial charge in [0.1, 0.15) is 18.1 Å². The van der Waals surface area contributed by atoms with E-state index in [0.717, 1.165) is 31.4 Å². The van der Waals surface area contributed by atoms with Gasteiger partial charge in [0.2, 0.25) is 0 Å². The lowest BCUT2D eigenvalue weighted by molar-refractivity contribution is -0.143. The van der Waals surface area contributed by atoms with Gasteiger partial charge in [0.15, 0.2) is 0 Å². The van der Waals surface area contributed by atoms with Crippen molar-refractivity contribution < 1.29 is 23.7 Å². The summed E-state index contributed by atoms with van der Waals surface area (Å²) in [6.07, 6.45) is 6.23. The van der Waals surface area contributed by atoms with E-state index < -0.39 is 0 Å². The van der Waals surface area contributed by atoms with E-state index in [9.17, 15) is 4.79 Å². The lowest BCUT2D eigenvalue weighted by Crippen LogP contribution is -2.25. The van der Waals surface area contributed by atoms with Gasteiger partial charge in [-0.05, 0) is 43.5 Å². The van der Waals surface area contributed by atoms with Gasteiger partial charge in [-0.2, -0.15) is 0 Å². The normalized spacial score (nSPS) is 18.2. The highest BCUT2D eigenvalue weighted by Gasteiger charge is 2.15. The summed E-state index contributed by atoms with van der Waals surface area (Å²) in [6.45, 7) is 1.05. The average molecular weight is 306 g/mol. The van der Waals surface area contributed by atoms with Crippen LogP contribution in [0.5, 0.6) is 11.5 Å². The van der Waals surface area contributed by atoms with Crippen molar-refractivity contribution in [3.63, 3.8) is 0 Å². The van der Waals surface area contributed by atoms with Gasteiger partial charge in [0.05, 0.1) is 20.3 Å². The SMILES string of the molecule is COc1ccc(OC)c(/C=C/C(=O)OCC2CCCCO2)c1. The number of esters is 1. The third-order valence-electron chi connectivity index (χ3n) is 3.52.